The van der Waals surface area contributed by atoms with E-state index in [4.69, 9.17) is 0 Å². The predicted octanol–water partition coefficient (Wildman–Crippen LogP) is 9.45. The highest BCUT2D eigenvalue weighted by Crippen LogP contribution is 2.46. The Morgan fingerprint density at radius 2 is 0.833 bits per heavy atom. The lowest BCUT2D eigenvalue weighted by molar-refractivity contribution is 0.111. The Hall–Kier alpha value is -2.42. The quantitative estimate of drug-likeness (QED) is 0.285. The summed E-state index contributed by atoms with van der Waals surface area (Å²) in [5, 5.41) is 7.88. The standard InChI is InChI=1S/C40H56N2/c1-37(2)25-33(26-38(3,4)41-37)35(22-29-16-11-9-12-17-29)31-20-15-21-32(24-31)36(23-30-18-13-10-14-19-30)34-27-39(5,6)42-40(7,8)28-34/h9-21,24,33-36,41-42H,22-23,25-28H2,1-8H3. The Kier molecular flexibility index (Phi) is 8.81. The van der Waals surface area contributed by atoms with Gasteiger partial charge in [-0.2, -0.15) is 0 Å². The summed E-state index contributed by atoms with van der Waals surface area (Å²) >= 11 is 0. The van der Waals surface area contributed by atoms with Crippen molar-refractivity contribution in [2.45, 2.75) is 128 Å². The van der Waals surface area contributed by atoms with E-state index < -0.39 is 0 Å². The molecule has 5 rings (SSSR count). The van der Waals surface area contributed by atoms with Gasteiger partial charge in [0.05, 0.1) is 0 Å². The molecule has 2 heterocycles. The van der Waals surface area contributed by atoms with E-state index in [0.29, 0.717) is 23.7 Å². The highest BCUT2D eigenvalue weighted by molar-refractivity contribution is 5.34. The third kappa shape index (κ3) is 7.94. The van der Waals surface area contributed by atoms with E-state index in [0.717, 1.165) is 12.8 Å². The maximum Gasteiger partial charge on any atom is 0.0132 e. The fourth-order valence-electron chi connectivity index (χ4n) is 9.24. The zero-order valence-electron chi connectivity index (χ0n) is 27.6. The van der Waals surface area contributed by atoms with Crippen LogP contribution in [0.4, 0.5) is 0 Å². The third-order valence-corrected chi connectivity index (χ3v) is 9.95. The van der Waals surface area contributed by atoms with Crippen molar-refractivity contribution in [1.82, 2.24) is 10.6 Å². The number of hydrogen-bond donors (Lipinski definition) is 2. The minimum absolute atomic E-state index is 0.126. The lowest BCUT2D eigenvalue weighted by Gasteiger charge is -2.49. The molecule has 0 radical (unpaired) electrons. The second kappa shape index (κ2) is 11.9. The third-order valence-electron chi connectivity index (χ3n) is 9.95. The van der Waals surface area contributed by atoms with Gasteiger partial charge in [0.15, 0.2) is 0 Å². The van der Waals surface area contributed by atoms with Gasteiger partial charge in [0.1, 0.15) is 0 Å². The maximum atomic E-state index is 3.94. The van der Waals surface area contributed by atoms with Crippen molar-refractivity contribution < 1.29 is 0 Å². The molecule has 2 aliphatic rings. The molecular formula is C40H56N2. The summed E-state index contributed by atoms with van der Waals surface area (Å²) in [5.74, 6) is 2.23. The van der Waals surface area contributed by atoms with Crippen molar-refractivity contribution in [2.24, 2.45) is 11.8 Å². The van der Waals surface area contributed by atoms with Gasteiger partial charge in [0.25, 0.3) is 0 Å². The number of piperidine rings is 2. The molecule has 2 aliphatic heterocycles. The summed E-state index contributed by atoms with van der Waals surface area (Å²) in [6.45, 7) is 19.2. The summed E-state index contributed by atoms with van der Waals surface area (Å²) in [4.78, 5) is 0. The molecule has 2 N–H and O–H groups in total. The minimum atomic E-state index is 0.126. The van der Waals surface area contributed by atoms with E-state index in [9.17, 15) is 0 Å². The molecule has 2 heteroatoms. The second-order valence-corrected chi connectivity index (χ2v) is 16.4. The van der Waals surface area contributed by atoms with Crippen LogP contribution in [0, 0.1) is 11.8 Å². The molecule has 2 unspecified atom stereocenters. The first-order chi connectivity index (χ1) is 19.7. The number of hydrogen-bond acceptors (Lipinski definition) is 2. The lowest BCUT2D eigenvalue weighted by atomic mass is 9.66. The maximum absolute atomic E-state index is 3.94. The van der Waals surface area contributed by atoms with Gasteiger partial charge in [-0.05, 0) is 140 Å². The largest absolute Gasteiger partial charge is 0.307 e. The molecule has 2 nitrogen and oxygen atoms in total. The van der Waals surface area contributed by atoms with E-state index in [2.05, 4.69) is 151 Å². The van der Waals surface area contributed by atoms with Crippen molar-refractivity contribution in [3.63, 3.8) is 0 Å². The minimum Gasteiger partial charge on any atom is -0.307 e. The molecule has 2 fully saturated rings. The molecule has 42 heavy (non-hydrogen) atoms. The van der Waals surface area contributed by atoms with Gasteiger partial charge in [-0.3, -0.25) is 0 Å². The van der Waals surface area contributed by atoms with E-state index in [-0.39, 0.29) is 22.2 Å². The Morgan fingerprint density at radius 1 is 0.500 bits per heavy atom. The van der Waals surface area contributed by atoms with Gasteiger partial charge in [-0.15, -0.1) is 0 Å². The molecule has 2 atom stereocenters. The van der Waals surface area contributed by atoms with Gasteiger partial charge in [-0.25, -0.2) is 0 Å². The van der Waals surface area contributed by atoms with Gasteiger partial charge in [0.2, 0.25) is 0 Å². The van der Waals surface area contributed by atoms with Crippen LogP contribution in [0.1, 0.15) is 115 Å². The molecule has 3 aromatic carbocycles. The molecule has 0 aromatic heterocycles. The Bertz CT molecular complexity index is 1170. The highest BCUT2D eigenvalue weighted by Gasteiger charge is 2.43. The molecular weight excluding hydrogens is 508 g/mol. The lowest BCUT2D eigenvalue weighted by Crippen LogP contribution is -2.58. The molecule has 0 aliphatic carbocycles. The summed E-state index contributed by atoms with van der Waals surface area (Å²) in [7, 11) is 0. The molecule has 2 saturated heterocycles. The first-order valence-electron chi connectivity index (χ1n) is 16.5. The van der Waals surface area contributed by atoms with Crippen LogP contribution in [-0.4, -0.2) is 22.2 Å². The fraction of sp³-hybridized carbons (Fsp3) is 0.550. The Morgan fingerprint density at radius 3 is 1.17 bits per heavy atom. The summed E-state index contributed by atoms with van der Waals surface area (Å²) in [6.07, 6.45) is 6.98. The van der Waals surface area contributed by atoms with Crippen molar-refractivity contribution in [2.75, 3.05) is 0 Å². The van der Waals surface area contributed by atoms with Crippen LogP contribution in [-0.2, 0) is 12.8 Å². The van der Waals surface area contributed by atoms with Gasteiger partial charge in [-0.1, -0.05) is 84.9 Å². The Labute approximate surface area is 257 Å². The van der Waals surface area contributed by atoms with E-state index in [1.807, 2.05) is 0 Å². The van der Waals surface area contributed by atoms with Crippen LogP contribution >= 0.6 is 0 Å². The van der Waals surface area contributed by atoms with Crippen molar-refractivity contribution in [3.8, 4) is 0 Å². The molecule has 226 valence electrons. The van der Waals surface area contributed by atoms with Gasteiger partial charge < -0.3 is 10.6 Å². The van der Waals surface area contributed by atoms with Crippen LogP contribution in [0.3, 0.4) is 0 Å². The monoisotopic (exact) mass is 564 g/mol. The van der Waals surface area contributed by atoms with Crippen LogP contribution in [0.2, 0.25) is 0 Å². The second-order valence-electron chi connectivity index (χ2n) is 16.4. The van der Waals surface area contributed by atoms with Gasteiger partial charge >= 0.3 is 0 Å². The van der Waals surface area contributed by atoms with Crippen LogP contribution in [0.5, 0.6) is 0 Å². The number of nitrogens with one attached hydrogen (secondary N) is 2. The molecule has 0 saturated carbocycles. The van der Waals surface area contributed by atoms with Crippen molar-refractivity contribution in [3.05, 3.63) is 107 Å². The smallest absolute Gasteiger partial charge is 0.0132 e. The van der Waals surface area contributed by atoms with Crippen molar-refractivity contribution >= 4 is 0 Å². The molecule has 3 aromatic rings. The summed E-state index contributed by atoms with van der Waals surface area (Å²) in [5.41, 5.74) is 6.46. The highest BCUT2D eigenvalue weighted by atomic mass is 15.1. The van der Waals surface area contributed by atoms with E-state index >= 15 is 0 Å². The average Bonchev–Trinajstić information content (AvgIpc) is 2.88. The van der Waals surface area contributed by atoms with Crippen LogP contribution in [0.15, 0.2) is 84.9 Å². The first-order valence-corrected chi connectivity index (χ1v) is 16.5. The first kappa shape index (κ1) is 31.0. The predicted molar refractivity (Wildman–Crippen MR) is 180 cm³/mol. The SMILES string of the molecule is CC1(C)CC(C(Cc2ccccc2)c2cccc(C(Cc3ccccc3)C3CC(C)(C)NC(C)(C)C3)c2)CC(C)(C)N1. The van der Waals surface area contributed by atoms with E-state index in [1.54, 1.807) is 0 Å². The van der Waals surface area contributed by atoms with Gasteiger partial charge in [0, 0.05) is 22.2 Å². The molecule has 0 bridgehead atoms. The number of rotatable bonds is 8. The normalized spacial score (nSPS) is 23.2. The van der Waals surface area contributed by atoms with Crippen molar-refractivity contribution in [1.29, 1.82) is 0 Å². The summed E-state index contributed by atoms with van der Waals surface area (Å²) in [6, 6.07) is 32.3. The van der Waals surface area contributed by atoms with Crippen LogP contribution < -0.4 is 10.6 Å². The fourth-order valence-corrected chi connectivity index (χ4v) is 9.24. The topological polar surface area (TPSA) is 24.1 Å². The van der Waals surface area contributed by atoms with E-state index in [1.165, 1.54) is 47.9 Å². The zero-order valence-corrected chi connectivity index (χ0v) is 27.6. The zero-order chi connectivity index (χ0) is 30.2. The summed E-state index contributed by atoms with van der Waals surface area (Å²) < 4.78 is 0. The number of benzene rings is 3. The molecule has 0 spiro atoms. The average molecular weight is 565 g/mol. The van der Waals surface area contributed by atoms with Crippen LogP contribution in [0.25, 0.3) is 0 Å². The Balaban J connectivity index is 1.55. The molecule has 0 amide bonds.